The van der Waals surface area contributed by atoms with E-state index < -0.39 is 0 Å². The molecule has 1 aliphatic rings. The molecule has 0 radical (unpaired) electrons. The van der Waals surface area contributed by atoms with Gasteiger partial charge in [0.25, 0.3) is 0 Å². The maximum absolute atomic E-state index is 5.91. The van der Waals surface area contributed by atoms with Gasteiger partial charge in [0.15, 0.2) is 0 Å². The Morgan fingerprint density at radius 1 is 1.58 bits per heavy atom. The van der Waals surface area contributed by atoms with Crippen LogP contribution in [0.4, 0.5) is 5.69 Å². The van der Waals surface area contributed by atoms with Crippen molar-refractivity contribution < 1.29 is 4.74 Å². The van der Waals surface area contributed by atoms with Crippen LogP contribution < -0.4 is 5.32 Å². The molecule has 0 aromatic carbocycles. The first-order valence-corrected chi connectivity index (χ1v) is 7.87. The van der Waals surface area contributed by atoms with E-state index in [2.05, 4.69) is 47.0 Å². The molecule has 5 heteroatoms. The Kier molecular flexibility index (Phi) is 4.75. The van der Waals surface area contributed by atoms with Crippen LogP contribution in [0.2, 0.25) is 5.15 Å². The second kappa shape index (κ2) is 5.98. The number of hydrogen-bond acceptors (Lipinski definition) is 3. The van der Waals surface area contributed by atoms with Crippen molar-refractivity contribution in [1.29, 1.82) is 0 Å². The monoisotopic (exact) mass is 346 g/mol. The molecule has 3 unspecified atom stereocenters. The fourth-order valence-electron chi connectivity index (χ4n) is 2.68. The van der Waals surface area contributed by atoms with E-state index >= 15 is 0 Å². The topological polar surface area (TPSA) is 34.1 Å². The summed E-state index contributed by atoms with van der Waals surface area (Å²) < 4.78 is 6.63. The molecular formula is C14H20BrClN2O. The Hall–Kier alpha value is -0.320. The lowest BCUT2D eigenvalue weighted by Gasteiger charge is -2.53. The number of pyridine rings is 1. The summed E-state index contributed by atoms with van der Waals surface area (Å²) in [6.45, 7) is 7.33. The molecule has 1 fully saturated rings. The SMILES string of the molecule is CCOC1CC(Nc2cnc(Cl)c(Br)c2)C1(C)CC. The maximum Gasteiger partial charge on any atom is 0.143 e. The summed E-state index contributed by atoms with van der Waals surface area (Å²) in [6.07, 6.45) is 4.26. The zero-order valence-corrected chi connectivity index (χ0v) is 13.9. The van der Waals surface area contributed by atoms with Gasteiger partial charge in [-0.2, -0.15) is 0 Å². The Balaban J connectivity index is 2.05. The van der Waals surface area contributed by atoms with Gasteiger partial charge in [-0.1, -0.05) is 25.4 Å². The minimum absolute atomic E-state index is 0.183. The van der Waals surface area contributed by atoms with Gasteiger partial charge in [-0.3, -0.25) is 0 Å². The smallest absolute Gasteiger partial charge is 0.143 e. The number of ether oxygens (including phenoxy) is 1. The normalized spacial score (nSPS) is 29.9. The van der Waals surface area contributed by atoms with Crippen molar-refractivity contribution in [2.75, 3.05) is 11.9 Å². The predicted molar refractivity (Wildman–Crippen MR) is 82.8 cm³/mol. The molecule has 0 spiro atoms. The Morgan fingerprint density at radius 3 is 2.89 bits per heavy atom. The maximum atomic E-state index is 5.91. The first kappa shape index (κ1) is 15.1. The molecule has 0 aliphatic heterocycles. The van der Waals surface area contributed by atoms with Crippen molar-refractivity contribution >= 4 is 33.2 Å². The van der Waals surface area contributed by atoms with E-state index in [-0.39, 0.29) is 5.41 Å². The first-order chi connectivity index (χ1) is 9.01. The summed E-state index contributed by atoms with van der Waals surface area (Å²) >= 11 is 9.31. The average molecular weight is 348 g/mol. The third-order valence-corrected chi connectivity index (χ3v) is 5.38. The summed E-state index contributed by atoms with van der Waals surface area (Å²) in [5, 5.41) is 4.04. The van der Waals surface area contributed by atoms with Gasteiger partial charge in [0, 0.05) is 18.1 Å². The fourth-order valence-corrected chi connectivity index (χ4v) is 3.13. The largest absolute Gasteiger partial charge is 0.380 e. The van der Waals surface area contributed by atoms with Crippen LogP contribution in [0.1, 0.15) is 33.6 Å². The van der Waals surface area contributed by atoms with Gasteiger partial charge in [-0.05, 0) is 41.8 Å². The molecule has 1 aliphatic carbocycles. The van der Waals surface area contributed by atoms with E-state index in [4.69, 9.17) is 16.3 Å². The van der Waals surface area contributed by atoms with Gasteiger partial charge in [0.2, 0.25) is 0 Å². The third kappa shape index (κ3) is 2.91. The standard InChI is InChI=1S/C14H20BrClN2O/c1-4-14(3)11(7-12(14)19-5-2)18-9-6-10(15)13(16)17-8-9/h6,8,11-12,18H,4-5,7H2,1-3H3. The van der Waals surface area contributed by atoms with Gasteiger partial charge < -0.3 is 10.1 Å². The fraction of sp³-hybridized carbons (Fsp3) is 0.643. The van der Waals surface area contributed by atoms with E-state index in [9.17, 15) is 0 Å². The molecule has 0 amide bonds. The van der Waals surface area contributed by atoms with Crippen LogP contribution in [0, 0.1) is 5.41 Å². The highest BCUT2D eigenvalue weighted by atomic mass is 79.9. The van der Waals surface area contributed by atoms with Crippen molar-refractivity contribution in [3.63, 3.8) is 0 Å². The summed E-state index contributed by atoms with van der Waals surface area (Å²) in [7, 11) is 0. The van der Waals surface area contributed by atoms with Crippen molar-refractivity contribution in [3.8, 4) is 0 Å². The number of aromatic nitrogens is 1. The summed E-state index contributed by atoms with van der Waals surface area (Å²) in [4.78, 5) is 4.14. The highest BCUT2D eigenvalue weighted by Crippen LogP contribution is 2.47. The number of rotatable bonds is 5. The van der Waals surface area contributed by atoms with Crippen LogP contribution in [-0.4, -0.2) is 23.7 Å². The minimum atomic E-state index is 0.183. The van der Waals surface area contributed by atoms with Crippen molar-refractivity contribution in [2.45, 2.75) is 45.8 Å². The number of anilines is 1. The quantitative estimate of drug-likeness (QED) is 0.796. The molecule has 3 atom stereocenters. The van der Waals surface area contributed by atoms with E-state index in [0.717, 1.165) is 29.6 Å². The predicted octanol–water partition coefficient (Wildman–Crippen LogP) is 4.50. The second-order valence-electron chi connectivity index (χ2n) is 5.23. The molecule has 106 valence electrons. The Morgan fingerprint density at radius 2 is 2.32 bits per heavy atom. The van der Waals surface area contributed by atoms with Crippen molar-refractivity contribution in [2.24, 2.45) is 5.41 Å². The first-order valence-electron chi connectivity index (χ1n) is 6.70. The molecule has 1 saturated carbocycles. The van der Waals surface area contributed by atoms with Crippen LogP contribution in [0.3, 0.4) is 0 Å². The van der Waals surface area contributed by atoms with E-state index in [1.807, 2.05) is 6.07 Å². The number of hydrogen-bond donors (Lipinski definition) is 1. The van der Waals surface area contributed by atoms with Crippen LogP contribution in [0.15, 0.2) is 16.7 Å². The molecular weight excluding hydrogens is 328 g/mol. The Bertz CT molecular complexity index is 457. The van der Waals surface area contributed by atoms with Gasteiger partial charge in [0.05, 0.1) is 22.5 Å². The minimum Gasteiger partial charge on any atom is -0.380 e. The van der Waals surface area contributed by atoms with Gasteiger partial charge in [-0.15, -0.1) is 0 Å². The van der Waals surface area contributed by atoms with Crippen molar-refractivity contribution in [1.82, 2.24) is 4.98 Å². The third-order valence-electron chi connectivity index (χ3n) is 4.25. The summed E-state index contributed by atoms with van der Waals surface area (Å²) in [6, 6.07) is 2.39. The summed E-state index contributed by atoms with van der Waals surface area (Å²) in [5.41, 5.74) is 1.18. The molecule has 0 saturated heterocycles. The number of halogens is 2. The van der Waals surface area contributed by atoms with Gasteiger partial charge in [0.1, 0.15) is 5.15 Å². The van der Waals surface area contributed by atoms with E-state index in [0.29, 0.717) is 17.3 Å². The van der Waals surface area contributed by atoms with Gasteiger partial charge >= 0.3 is 0 Å². The molecule has 1 N–H and O–H groups in total. The molecule has 1 aromatic heterocycles. The summed E-state index contributed by atoms with van der Waals surface area (Å²) in [5.74, 6) is 0. The second-order valence-corrected chi connectivity index (χ2v) is 6.44. The van der Waals surface area contributed by atoms with Gasteiger partial charge in [-0.25, -0.2) is 4.98 Å². The average Bonchev–Trinajstić information content (AvgIpc) is 2.40. The molecule has 1 aromatic rings. The molecule has 3 nitrogen and oxygen atoms in total. The number of nitrogens with zero attached hydrogens (tertiary/aromatic N) is 1. The molecule has 1 heterocycles. The van der Waals surface area contributed by atoms with Crippen LogP contribution in [0.25, 0.3) is 0 Å². The molecule has 0 bridgehead atoms. The molecule has 19 heavy (non-hydrogen) atoms. The zero-order chi connectivity index (χ0) is 14.0. The highest BCUT2D eigenvalue weighted by molar-refractivity contribution is 9.10. The highest BCUT2D eigenvalue weighted by Gasteiger charge is 2.51. The number of nitrogens with one attached hydrogen (secondary N) is 1. The van der Waals surface area contributed by atoms with Crippen molar-refractivity contribution in [3.05, 3.63) is 21.9 Å². The zero-order valence-electron chi connectivity index (χ0n) is 11.5. The van der Waals surface area contributed by atoms with Crippen LogP contribution >= 0.6 is 27.5 Å². The van der Waals surface area contributed by atoms with Crippen LogP contribution in [-0.2, 0) is 4.74 Å². The lowest BCUT2D eigenvalue weighted by Crippen LogP contribution is -2.59. The van der Waals surface area contributed by atoms with E-state index in [1.165, 1.54) is 0 Å². The van der Waals surface area contributed by atoms with Crippen LogP contribution in [0.5, 0.6) is 0 Å². The molecule has 2 rings (SSSR count). The van der Waals surface area contributed by atoms with E-state index in [1.54, 1.807) is 6.20 Å². The Labute approximate surface area is 128 Å². The lowest BCUT2D eigenvalue weighted by atomic mass is 9.61. The lowest BCUT2D eigenvalue weighted by molar-refractivity contribution is -0.109.